The van der Waals surface area contributed by atoms with Crippen molar-refractivity contribution >= 4 is 22.4 Å². The van der Waals surface area contributed by atoms with E-state index in [0.717, 1.165) is 42.6 Å². The van der Waals surface area contributed by atoms with Gasteiger partial charge in [-0.15, -0.1) is 11.3 Å². The van der Waals surface area contributed by atoms with E-state index in [1.54, 1.807) is 18.4 Å². The highest BCUT2D eigenvalue weighted by Crippen LogP contribution is 2.19. The Labute approximate surface area is 151 Å². The van der Waals surface area contributed by atoms with E-state index in [9.17, 15) is 5.11 Å². The van der Waals surface area contributed by atoms with Crippen LogP contribution >= 0.6 is 11.3 Å². The summed E-state index contributed by atoms with van der Waals surface area (Å²) in [5.41, 5.74) is 6.90. The third-order valence-corrected chi connectivity index (χ3v) is 5.05. The van der Waals surface area contributed by atoms with Gasteiger partial charge in [0.1, 0.15) is 5.75 Å². The number of nitrogens with two attached hydrogens (primary N) is 1. The van der Waals surface area contributed by atoms with E-state index in [1.165, 1.54) is 0 Å². The average molecular weight is 361 g/mol. The lowest BCUT2D eigenvalue weighted by atomic mass is 10.1. The molecule has 2 aromatic rings. The predicted octanol–water partition coefficient (Wildman–Crippen LogP) is 1.32. The molecule has 0 amide bonds. The maximum Gasteiger partial charge on any atom is 0.191 e. The van der Waals surface area contributed by atoms with Crippen LogP contribution in [0.3, 0.4) is 0 Å². The smallest absolute Gasteiger partial charge is 0.191 e. The van der Waals surface area contributed by atoms with E-state index in [1.807, 2.05) is 40.7 Å². The second kappa shape index (κ2) is 8.17. The highest BCUT2D eigenvalue weighted by molar-refractivity contribution is 7.13. The quantitative estimate of drug-likeness (QED) is 0.617. The molecule has 0 saturated carbocycles. The van der Waals surface area contributed by atoms with E-state index < -0.39 is 6.10 Å². The third kappa shape index (κ3) is 4.40. The summed E-state index contributed by atoms with van der Waals surface area (Å²) in [5, 5.41) is 13.3. The molecule has 1 aromatic heterocycles. The van der Waals surface area contributed by atoms with Crippen LogP contribution < -0.4 is 15.4 Å². The van der Waals surface area contributed by atoms with Gasteiger partial charge in [0, 0.05) is 37.8 Å². The molecule has 1 saturated heterocycles. The zero-order chi connectivity index (χ0) is 17.6. The zero-order valence-corrected chi connectivity index (χ0v) is 15.0. The molecule has 7 nitrogen and oxygen atoms in total. The van der Waals surface area contributed by atoms with Crippen LogP contribution in [0, 0.1) is 0 Å². The third-order valence-electron chi connectivity index (χ3n) is 4.22. The van der Waals surface area contributed by atoms with Gasteiger partial charge in [0.2, 0.25) is 0 Å². The number of aliphatic hydroxyl groups excluding tert-OH is 1. The molecule has 0 radical (unpaired) electrons. The number of hydrogen-bond acceptors (Lipinski definition) is 6. The largest absolute Gasteiger partial charge is 0.497 e. The molecule has 3 N–H and O–H groups in total. The molecule has 1 aliphatic heterocycles. The van der Waals surface area contributed by atoms with Gasteiger partial charge >= 0.3 is 0 Å². The number of ether oxygens (including phenoxy) is 1. The number of benzene rings is 1. The number of piperazine rings is 1. The lowest BCUT2D eigenvalue weighted by Crippen LogP contribution is -2.51. The first-order valence-corrected chi connectivity index (χ1v) is 9.06. The van der Waals surface area contributed by atoms with Crippen LogP contribution in [-0.2, 0) is 0 Å². The summed E-state index contributed by atoms with van der Waals surface area (Å²) < 4.78 is 5.12. The molecular weight excluding hydrogens is 338 g/mol. The maximum absolute atomic E-state index is 10.3. The molecule has 2 heterocycles. The highest BCUT2D eigenvalue weighted by atomic mass is 32.1. The summed E-state index contributed by atoms with van der Waals surface area (Å²) >= 11 is 1.65. The molecule has 25 heavy (non-hydrogen) atoms. The first kappa shape index (κ1) is 17.5. The molecule has 0 aliphatic carbocycles. The molecule has 1 unspecified atom stereocenters. The Balaban J connectivity index is 1.51. The van der Waals surface area contributed by atoms with Crippen molar-refractivity contribution in [2.75, 3.05) is 44.7 Å². The van der Waals surface area contributed by atoms with Crippen LogP contribution in [0.5, 0.6) is 5.75 Å². The minimum absolute atomic E-state index is 0.241. The minimum Gasteiger partial charge on any atom is -0.497 e. The van der Waals surface area contributed by atoms with Gasteiger partial charge in [-0.05, 0) is 17.7 Å². The number of aliphatic imine (C=N–C) groups is 1. The molecule has 1 aromatic carbocycles. The Morgan fingerprint density at radius 2 is 2.04 bits per heavy atom. The van der Waals surface area contributed by atoms with Crippen LogP contribution in [0.4, 0.5) is 5.13 Å². The van der Waals surface area contributed by atoms with E-state index in [4.69, 9.17) is 10.5 Å². The summed E-state index contributed by atoms with van der Waals surface area (Å²) in [6, 6.07) is 7.32. The monoisotopic (exact) mass is 361 g/mol. The van der Waals surface area contributed by atoms with E-state index in [2.05, 4.69) is 14.9 Å². The fourth-order valence-electron chi connectivity index (χ4n) is 2.71. The number of anilines is 1. The number of rotatable bonds is 5. The number of guanidine groups is 1. The number of methoxy groups -OCH3 is 1. The first-order valence-electron chi connectivity index (χ1n) is 8.18. The number of hydrogen-bond donors (Lipinski definition) is 2. The average Bonchev–Trinajstić information content (AvgIpc) is 3.21. The molecule has 1 fully saturated rings. The fraction of sp³-hybridized carbons (Fsp3) is 0.412. The lowest BCUT2D eigenvalue weighted by Gasteiger charge is -2.35. The predicted molar refractivity (Wildman–Crippen MR) is 100 cm³/mol. The Morgan fingerprint density at radius 3 is 2.64 bits per heavy atom. The number of nitrogens with zero attached hydrogens (tertiary/aromatic N) is 4. The topological polar surface area (TPSA) is 87.2 Å². The van der Waals surface area contributed by atoms with Crippen molar-refractivity contribution in [3.63, 3.8) is 0 Å². The molecule has 0 spiro atoms. The van der Waals surface area contributed by atoms with Gasteiger partial charge in [-0.2, -0.15) is 0 Å². The summed E-state index contributed by atoms with van der Waals surface area (Å²) in [5.74, 6) is 1.24. The molecule has 0 bridgehead atoms. The van der Waals surface area contributed by atoms with E-state index >= 15 is 0 Å². The molecule has 1 aliphatic rings. The first-order chi connectivity index (χ1) is 12.2. The number of thiazole rings is 1. The SMILES string of the molecule is COc1ccc(C(O)CN=C(N)N2CCN(c3nccs3)CC2)cc1. The van der Waals surface area contributed by atoms with Gasteiger partial charge in [-0.3, -0.25) is 4.99 Å². The van der Waals surface area contributed by atoms with Gasteiger partial charge in [0.25, 0.3) is 0 Å². The van der Waals surface area contributed by atoms with E-state index in [-0.39, 0.29) is 6.54 Å². The van der Waals surface area contributed by atoms with Gasteiger partial charge in [-0.25, -0.2) is 4.98 Å². The van der Waals surface area contributed by atoms with Crippen molar-refractivity contribution in [3.05, 3.63) is 41.4 Å². The fourth-order valence-corrected chi connectivity index (χ4v) is 3.41. The summed E-state index contributed by atoms with van der Waals surface area (Å²) in [4.78, 5) is 13.0. The Kier molecular flexibility index (Phi) is 5.72. The van der Waals surface area contributed by atoms with Gasteiger partial charge in [0.05, 0.1) is 19.8 Å². The van der Waals surface area contributed by atoms with Crippen molar-refractivity contribution in [2.24, 2.45) is 10.7 Å². The molecule has 1 atom stereocenters. The second-order valence-corrected chi connectivity index (χ2v) is 6.65. The van der Waals surface area contributed by atoms with Crippen molar-refractivity contribution in [2.45, 2.75) is 6.10 Å². The van der Waals surface area contributed by atoms with E-state index in [0.29, 0.717) is 5.96 Å². The summed E-state index contributed by atoms with van der Waals surface area (Å²) in [7, 11) is 1.62. The normalized spacial score (nSPS) is 16.8. The van der Waals surface area contributed by atoms with Crippen molar-refractivity contribution in [3.8, 4) is 5.75 Å². The minimum atomic E-state index is -0.680. The molecule has 134 valence electrons. The van der Waals surface area contributed by atoms with Crippen LogP contribution in [0.1, 0.15) is 11.7 Å². The molecule has 8 heteroatoms. The van der Waals surface area contributed by atoms with Gasteiger partial charge < -0.3 is 25.4 Å². The number of aliphatic hydroxyl groups is 1. The van der Waals surface area contributed by atoms with Crippen molar-refractivity contribution in [1.82, 2.24) is 9.88 Å². The van der Waals surface area contributed by atoms with Crippen LogP contribution in [0.25, 0.3) is 0 Å². The van der Waals surface area contributed by atoms with Crippen molar-refractivity contribution < 1.29 is 9.84 Å². The molecule has 3 rings (SSSR count). The summed E-state index contributed by atoms with van der Waals surface area (Å²) in [6.45, 7) is 3.57. The maximum atomic E-state index is 10.3. The van der Waals surface area contributed by atoms with Gasteiger partial charge in [0.15, 0.2) is 11.1 Å². The summed E-state index contributed by atoms with van der Waals surface area (Å²) in [6.07, 6.45) is 1.14. The standard InChI is InChI=1S/C17H23N5O2S/c1-24-14-4-2-13(3-5-14)15(23)12-20-16(18)21-7-9-22(10-8-21)17-19-6-11-25-17/h2-6,11,15,23H,7-10,12H2,1H3,(H2,18,20). The van der Waals surface area contributed by atoms with Gasteiger partial charge in [-0.1, -0.05) is 12.1 Å². The Bertz CT molecular complexity index is 682. The second-order valence-electron chi connectivity index (χ2n) is 5.78. The zero-order valence-electron chi connectivity index (χ0n) is 14.2. The van der Waals surface area contributed by atoms with Crippen LogP contribution in [-0.4, -0.2) is 60.8 Å². The molecular formula is C17H23N5O2S. The van der Waals surface area contributed by atoms with Crippen molar-refractivity contribution in [1.29, 1.82) is 0 Å². The Hall–Kier alpha value is -2.32. The highest BCUT2D eigenvalue weighted by Gasteiger charge is 2.20. The van der Waals surface area contributed by atoms with Crippen LogP contribution in [0.2, 0.25) is 0 Å². The lowest BCUT2D eigenvalue weighted by molar-refractivity contribution is 0.186. The Morgan fingerprint density at radius 1 is 1.32 bits per heavy atom. The van der Waals surface area contributed by atoms with Crippen LogP contribution in [0.15, 0.2) is 40.8 Å². The number of aromatic nitrogens is 1.